The lowest BCUT2D eigenvalue weighted by Gasteiger charge is -2.17. The van der Waals surface area contributed by atoms with Crippen LogP contribution in [0.2, 0.25) is 0 Å². The lowest BCUT2D eigenvalue weighted by Crippen LogP contribution is -2.26. The Hall–Kier alpha value is -1.43. The van der Waals surface area contributed by atoms with Gasteiger partial charge >= 0.3 is 19.8 Å². The summed E-state index contributed by atoms with van der Waals surface area (Å²) in [5.41, 5.74) is 0. The van der Waals surface area contributed by atoms with Crippen molar-refractivity contribution < 1.29 is 43.0 Å². The number of aliphatic hydroxyl groups is 1. The molecule has 0 heterocycles. The fraction of sp³-hybridized carbons (Fsp3) is 0.833. The molecule has 34 heavy (non-hydrogen) atoms. The van der Waals surface area contributed by atoms with Crippen LogP contribution in [0.4, 0.5) is 0 Å². The van der Waals surface area contributed by atoms with E-state index in [0.717, 1.165) is 32.1 Å². The second-order valence-electron chi connectivity index (χ2n) is 8.34. The van der Waals surface area contributed by atoms with Gasteiger partial charge < -0.3 is 19.8 Å². The number of carbonyl (C=O) groups is 2. The molecule has 0 saturated carbocycles. The van der Waals surface area contributed by atoms with Gasteiger partial charge in [0.2, 0.25) is 0 Å². The van der Waals surface area contributed by atoms with Gasteiger partial charge in [0.05, 0.1) is 26.2 Å². The standard InChI is InChI=1S/C24H43O9P/c1-2-3-4-5-6-7-8-9-10-11-12-13-14-15-16-17-24(28)33-22(20-25)21-32-34(29,30)31-19-18-23(26)27/h1,22,25H,3-21H2,(H,26,27)(H,29,30). The third kappa shape index (κ3) is 22.4. The molecule has 2 unspecified atom stereocenters. The van der Waals surface area contributed by atoms with Crippen LogP contribution >= 0.6 is 7.82 Å². The summed E-state index contributed by atoms with van der Waals surface area (Å²) in [6.45, 7) is -1.61. The molecule has 0 aliphatic heterocycles. The molecule has 0 aliphatic rings. The first-order valence-electron chi connectivity index (χ1n) is 12.4. The molecule has 0 radical (unpaired) electrons. The van der Waals surface area contributed by atoms with E-state index in [1.54, 1.807) is 0 Å². The van der Waals surface area contributed by atoms with Crippen LogP contribution in [0.25, 0.3) is 0 Å². The first-order chi connectivity index (χ1) is 16.3. The topological polar surface area (TPSA) is 140 Å². The van der Waals surface area contributed by atoms with Gasteiger partial charge in [-0.05, 0) is 12.8 Å². The molecule has 0 fully saturated rings. The number of rotatable bonds is 24. The van der Waals surface area contributed by atoms with E-state index >= 15 is 0 Å². The summed E-state index contributed by atoms with van der Waals surface area (Å²) in [7, 11) is -4.48. The molecular weight excluding hydrogens is 463 g/mol. The van der Waals surface area contributed by atoms with Crippen LogP contribution in [-0.4, -0.2) is 53.0 Å². The predicted octanol–water partition coefficient (Wildman–Crippen LogP) is 4.98. The zero-order valence-corrected chi connectivity index (χ0v) is 21.2. The molecule has 10 heteroatoms. The van der Waals surface area contributed by atoms with Crippen LogP contribution in [-0.2, 0) is 27.9 Å². The maximum absolute atomic E-state index is 11.9. The number of aliphatic hydroxyl groups excluding tert-OH is 1. The van der Waals surface area contributed by atoms with E-state index in [2.05, 4.69) is 15.0 Å². The highest BCUT2D eigenvalue weighted by atomic mass is 31.2. The number of phosphoric acid groups is 1. The van der Waals surface area contributed by atoms with Gasteiger partial charge in [-0.3, -0.25) is 18.6 Å². The minimum Gasteiger partial charge on any atom is -0.481 e. The number of phosphoric ester groups is 1. The molecule has 0 aromatic carbocycles. The Morgan fingerprint density at radius 3 is 1.79 bits per heavy atom. The molecule has 2 atom stereocenters. The molecule has 0 bridgehead atoms. The van der Waals surface area contributed by atoms with Gasteiger partial charge in [0.25, 0.3) is 0 Å². The fourth-order valence-corrected chi connectivity index (χ4v) is 4.02. The Kier molecular flexibility index (Phi) is 21.1. The zero-order chi connectivity index (χ0) is 25.5. The summed E-state index contributed by atoms with van der Waals surface area (Å²) < 4.78 is 25.8. The average Bonchev–Trinajstić information content (AvgIpc) is 2.78. The molecule has 0 aromatic rings. The Morgan fingerprint density at radius 1 is 0.824 bits per heavy atom. The van der Waals surface area contributed by atoms with E-state index in [9.17, 15) is 24.2 Å². The average molecular weight is 507 g/mol. The smallest absolute Gasteiger partial charge is 0.472 e. The molecule has 0 amide bonds. The third-order valence-corrected chi connectivity index (χ3v) is 6.18. The largest absolute Gasteiger partial charge is 0.481 e. The number of carbonyl (C=O) groups excluding carboxylic acids is 1. The van der Waals surface area contributed by atoms with Crippen molar-refractivity contribution in [2.75, 3.05) is 19.8 Å². The van der Waals surface area contributed by atoms with Crippen molar-refractivity contribution in [3.63, 3.8) is 0 Å². The number of hydrogen-bond donors (Lipinski definition) is 3. The number of hydrogen-bond acceptors (Lipinski definition) is 7. The van der Waals surface area contributed by atoms with E-state index in [4.69, 9.17) is 16.3 Å². The fourth-order valence-electron chi connectivity index (χ4n) is 3.27. The number of unbranched alkanes of at least 4 members (excludes halogenated alkanes) is 13. The van der Waals surface area contributed by atoms with Gasteiger partial charge in [-0.2, -0.15) is 0 Å². The van der Waals surface area contributed by atoms with Crippen LogP contribution in [0.3, 0.4) is 0 Å². The molecule has 0 rings (SSSR count). The normalized spacial score (nSPS) is 13.7. The third-order valence-electron chi connectivity index (χ3n) is 5.20. The molecule has 198 valence electrons. The maximum atomic E-state index is 11.9. The quantitative estimate of drug-likeness (QED) is 0.0715. The van der Waals surface area contributed by atoms with Crippen LogP contribution in [0.5, 0.6) is 0 Å². The number of esters is 1. The minimum atomic E-state index is -4.48. The van der Waals surface area contributed by atoms with Crippen LogP contribution in [0.15, 0.2) is 0 Å². The number of aliphatic carboxylic acids is 1. The number of carboxylic acid groups (broad SMARTS) is 1. The first kappa shape index (κ1) is 32.6. The highest BCUT2D eigenvalue weighted by molar-refractivity contribution is 7.47. The van der Waals surface area contributed by atoms with E-state index in [-0.39, 0.29) is 6.42 Å². The Morgan fingerprint density at radius 2 is 1.32 bits per heavy atom. The van der Waals surface area contributed by atoms with Gasteiger partial charge in [-0.1, -0.05) is 70.6 Å². The number of terminal acetylenes is 1. The summed E-state index contributed by atoms with van der Waals surface area (Å²) in [6.07, 6.45) is 19.8. The van der Waals surface area contributed by atoms with Crippen molar-refractivity contribution in [2.45, 2.75) is 109 Å². The van der Waals surface area contributed by atoms with Crippen LogP contribution in [0.1, 0.15) is 103 Å². The molecule has 0 spiro atoms. The van der Waals surface area contributed by atoms with Crippen LogP contribution in [0, 0.1) is 12.3 Å². The molecule has 3 N–H and O–H groups in total. The number of carboxylic acids is 1. The monoisotopic (exact) mass is 506 g/mol. The van der Waals surface area contributed by atoms with E-state index < -0.39 is 52.1 Å². The highest BCUT2D eigenvalue weighted by Gasteiger charge is 2.25. The lowest BCUT2D eigenvalue weighted by molar-refractivity contribution is -0.153. The molecule has 0 saturated heterocycles. The van der Waals surface area contributed by atoms with Gasteiger partial charge in [-0.25, -0.2) is 4.57 Å². The van der Waals surface area contributed by atoms with E-state index in [1.165, 1.54) is 51.4 Å². The second kappa shape index (κ2) is 22.1. The summed E-state index contributed by atoms with van der Waals surface area (Å²) in [5.74, 6) is 0.977. The van der Waals surface area contributed by atoms with Gasteiger partial charge in [0.1, 0.15) is 6.10 Å². The zero-order valence-electron chi connectivity index (χ0n) is 20.3. The minimum absolute atomic E-state index is 0.198. The van der Waals surface area contributed by atoms with Crippen molar-refractivity contribution in [1.82, 2.24) is 0 Å². The van der Waals surface area contributed by atoms with Crippen molar-refractivity contribution in [2.24, 2.45) is 0 Å². The van der Waals surface area contributed by atoms with Crippen molar-refractivity contribution in [3.05, 3.63) is 0 Å². The predicted molar refractivity (Wildman–Crippen MR) is 129 cm³/mol. The highest BCUT2D eigenvalue weighted by Crippen LogP contribution is 2.43. The van der Waals surface area contributed by atoms with Gasteiger partial charge in [-0.15, -0.1) is 12.3 Å². The van der Waals surface area contributed by atoms with Gasteiger partial charge in [0.15, 0.2) is 0 Å². The maximum Gasteiger partial charge on any atom is 0.472 e. The van der Waals surface area contributed by atoms with Crippen molar-refractivity contribution in [1.29, 1.82) is 0 Å². The van der Waals surface area contributed by atoms with Crippen LogP contribution < -0.4 is 0 Å². The Balaban J connectivity index is 3.64. The summed E-state index contributed by atoms with van der Waals surface area (Å²) in [4.78, 5) is 31.7. The molecule has 0 aliphatic carbocycles. The summed E-state index contributed by atoms with van der Waals surface area (Å²) in [5, 5.41) is 17.8. The van der Waals surface area contributed by atoms with Gasteiger partial charge in [0, 0.05) is 12.8 Å². The molecule has 0 aromatic heterocycles. The van der Waals surface area contributed by atoms with E-state index in [1.807, 2.05) is 0 Å². The number of ether oxygens (including phenoxy) is 1. The van der Waals surface area contributed by atoms with Crippen molar-refractivity contribution >= 4 is 19.8 Å². The van der Waals surface area contributed by atoms with Crippen molar-refractivity contribution in [3.8, 4) is 12.3 Å². The Bertz CT molecular complexity index is 618. The Labute approximate surface area is 204 Å². The lowest BCUT2D eigenvalue weighted by atomic mass is 10.0. The molecular formula is C24H43O9P. The second-order valence-corrected chi connectivity index (χ2v) is 9.79. The van der Waals surface area contributed by atoms with E-state index in [0.29, 0.717) is 6.42 Å². The summed E-state index contributed by atoms with van der Waals surface area (Å²) in [6, 6.07) is 0. The summed E-state index contributed by atoms with van der Waals surface area (Å²) >= 11 is 0. The first-order valence-corrected chi connectivity index (χ1v) is 13.9. The molecule has 9 nitrogen and oxygen atoms in total. The SMILES string of the molecule is C#CCCCCCCCCCCCCCCCC(=O)OC(CO)COP(=O)(O)OCCC(=O)O.